The molecule has 0 aliphatic heterocycles. The van der Waals surface area contributed by atoms with Crippen molar-refractivity contribution < 1.29 is 9.90 Å². The average molecular weight is 389 g/mol. The molecule has 0 radical (unpaired) electrons. The number of thiazole rings is 1. The van der Waals surface area contributed by atoms with E-state index >= 15 is 0 Å². The van der Waals surface area contributed by atoms with E-state index in [0.717, 1.165) is 28.8 Å². The molecule has 0 saturated heterocycles. The van der Waals surface area contributed by atoms with E-state index in [1.165, 1.54) is 49.1 Å². The van der Waals surface area contributed by atoms with Crippen LogP contribution in [0.25, 0.3) is 21.5 Å². The molecule has 4 rings (SSSR count). The van der Waals surface area contributed by atoms with Gasteiger partial charge in [-0.25, -0.2) is 9.78 Å². The largest absolute Gasteiger partial charge is 0.477 e. The molecule has 26 heavy (non-hydrogen) atoms. The Morgan fingerprint density at radius 1 is 1.35 bits per heavy atom. The fourth-order valence-corrected chi connectivity index (χ4v) is 5.06. The summed E-state index contributed by atoms with van der Waals surface area (Å²) in [6.45, 7) is 1.72. The first-order valence-electron chi connectivity index (χ1n) is 9.03. The number of hydrogen-bond donors (Lipinski definition) is 2. The van der Waals surface area contributed by atoms with Gasteiger partial charge in [0.15, 0.2) is 0 Å². The van der Waals surface area contributed by atoms with Crippen molar-refractivity contribution in [1.82, 2.24) is 9.97 Å². The van der Waals surface area contributed by atoms with Crippen LogP contribution in [-0.2, 0) is 6.42 Å². The highest BCUT2D eigenvalue weighted by Crippen LogP contribution is 2.35. The monoisotopic (exact) mass is 388 g/mol. The Bertz CT molecular complexity index is 970. The van der Waals surface area contributed by atoms with Crippen LogP contribution >= 0.6 is 22.9 Å². The molecule has 0 bridgehead atoms. The van der Waals surface area contributed by atoms with Gasteiger partial charge in [0, 0.05) is 16.6 Å². The van der Waals surface area contributed by atoms with Gasteiger partial charge >= 0.3 is 5.97 Å². The Labute approximate surface area is 161 Å². The molecular formula is C20H21ClN2O2S. The number of aromatic amines is 1. The summed E-state index contributed by atoms with van der Waals surface area (Å²) < 4.78 is 0. The molecule has 2 heterocycles. The van der Waals surface area contributed by atoms with E-state index in [-0.39, 0.29) is 4.88 Å². The minimum Gasteiger partial charge on any atom is -0.477 e. The highest BCUT2D eigenvalue weighted by molar-refractivity contribution is 7.17. The SMILES string of the molecule is Cc1nc(-c2cc(Cl)c3[nH]c(CCC4CCCC4)cc3c2)sc1C(=O)O. The summed E-state index contributed by atoms with van der Waals surface area (Å²) in [5, 5.41) is 11.6. The number of nitrogens with zero attached hydrogens (tertiary/aromatic N) is 1. The van der Waals surface area contributed by atoms with Crippen LogP contribution < -0.4 is 0 Å². The molecule has 1 aliphatic carbocycles. The number of nitrogens with one attached hydrogen (secondary N) is 1. The zero-order chi connectivity index (χ0) is 18.3. The highest BCUT2D eigenvalue weighted by atomic mass is 35.5. The maximum atomic E-state index is 11.3. The van der Waals surface area contributed by atoms with Crippen molar-refractivity contribution in [2.45, 2.75) is 45.4 Å². The van der Waals surface area contributed by atoms with Crippen molar-refractivity contribution in [3.63, 3.8) is 0 Å². The number of hydrogen-bond acceptors (Lipinski definition) is 3. The maximum absolute atomic E-state index is 11.3. The van der Waals surface area contributed by atoms with Crippen molar-refractivity contribution in [1.29, 1.82) is 0 Å². The second kappa shape index (κ2) is 7.05. The van der Waals surface area contributed by atoms with Crippen molar-refractivity contribution in [3.8, 4) is 10.6 Å². The second-order valence-corrected chi connectivity index (χ2v) is 8.55. The molecule has 0 spiro atoms. The first kappa shape index (κ1) is 17.6. The molecule has 6 heteroatoms. The Morgan fingerprint density at radius 2 is 2.12 bits per heavy atom. The van der Waals surface area contributed by atoms with Crippen LogP contribution in [0.4, 0.5) is 0 Å². The molecule has 2 aromatic heterocycles. The molecule has 0 unspecified atom stereocenters. The van der Waals surface area contributed by atoms with Gasteiger partial charge in [-0.05, 0) is 43.9 Å². The van der Waals surface area contributed by atoms with Gasteiger partial charge in [-0.3, -0.25) is 0 Å². The maximum Gasteiger partial charge on any atom is 0.347 e. The zero-order valence-electron chi connectivity index (χ0n) is 14.6. The summed E-state index contributed by atoms with van der Waals surface area (Å²) in [4.78, 5) is 19.4. The van der Waals surface area contributed by atoms with Crippen LogP contribution in [0.2, 0.25) is 5.02 Å². The minimum absolute atomic E-state index is 0.280. The second-order valence-electron chi connectivity index (χ2n) is 7.14. The fraction of sp³-hybridized carbons (Fsp3) is 0.400. The van der Waals surface area contributed by atoms with Crippen molar-refractivity contribution >= 4 is 39.8 Å². The van der Waals surface area contributed by atoms with E-state index in [1.807, 2.05) is 12.1 Å². The van der Waals surface area contributed by atoms with Gasteiger partial charge in [0.2, 0.25) is 0 Å². The van der Waals surface area contributed by atoms with Gasteiger partial charge in [0.05, 0.1) is 16.2 Å². The molecule has 0 atom stereocenters. The third-order valence-corrected chi connectivity index (χ3v) is 6.76. The molecular weight excluding hydrogens is 368 g/mol. The molecule has 4 nitrogen and oxygen atoms in total. The molecule has 2 N–H and O–H groups in total. The van der Waals surface area contributed by atoms with Gasteiger partial charge in [-0.15, -0.1) is 11.3 Å². The lowest BCUT2D eigenvalue weighted by Gasteiger charge is -2.06. The minimum atomic E-state index is -0.936. The smallest absolute Gasteiger partial charge is 0.347 e. The number of carboxylic acids is 1. The Morgan fingerprint density at radius 3 is 2.81 bits per heavy atom. The van der Waals surface area contributed by atoms with E-state index in [1.54, 1.807) is 6.92 Å². The Kier molecular flexibility index (Phi) is 4.76. The topological polar surface area (TPSA) is 66.0 Å². The lowest BCUT2D eigenvalue weighted by atomic mass is 10.0. The molecule has 0 amide bonds. The van der Waals surface area contributed by atoms with Crippen LogP contribution in [0.3, 0.4) is 0 Å². The predicted octanol–water partition coefficient (Wildman–Crippen LogP) is 6.07. The summed E-state index contributed by atoms with van der Waals surface area (Å²) >= 11 is 7.68. The number of carbonyl (C=O) groups is 1. The average Bonchev–Trinajstić information content (AvgIpc) is 3.31. The van der Waals surface area contributed by atoms with Crippen molar-refractivity contribution in [3.05, 3.63) is 39.5 Å². The number of aromatic nitrogens is 2. The van der Waals surface area contributed by atoms with Crippen LogP contribution in [-0.4, -0.2) is 21.0 Å². The third-order valence-electron chi connectivity index (χ3n) is 5.27. The Hall–Kier alpha value is -1.85. The lowest BCUT2D eigenvalue weighted by Crippen LogP contribution is -1.96. The van der Waals surface area contributed by atoms with Crippen molar-refractivity contribution in [2.75, 3.05) is 0 Å². The van der Waals surface area contributed by atoms with Crippen LogP contribution in [0.5, 0.6) is 0 Å². The third kappa shape index (κ3) is 3.38. The molecule has 1 aromatic carbocycles. The summed E-state index contributed by atoms with van der Waals surface area (Å²) in [5.41, 5.74) is 3.57. The number of H-pyrrole nitrogens is 1. The molecule has 3 aromatic rings. The Balaban J connectivity index is 1.63. The van der Waals surface area contributed by atoms with Crippen molar-refractivity contribution in [2.24, 2.45) is 5.92 Å². The number of carboxylic acid groups (broad SMARTS) is 1. The summed E-state index contributed by atoms with van der Waals surface area (Å²) in [6, 6.07) is 6.07. The first-order chi connectivity index (χ1) is 12.5. The van der Waals surface area contributed by atoms with E-state index in [0.29, 0.717) is 15.7 Å². The van der Waals surface area contributed by atoms with Gasteiger partial charge in [0.1, 0.15) is 9.88 Å². The molecule has 1 saturated carbocycles. The quantitative estimate of drug-likeness (QED) is 0.557. The number of fused-ring (bicyclic) bond motifs is 1. The van der Waals surface area contributed by atoms with Crippen LogP contribution in [0, 0.1) is 12.8 Å². The van der Waals surface area contributed by atoms with Crippen LogP contribution in [0.1, 0.15) is 53.2 Å². The van der Waals surface area contributed by atoms with Gasteiger partial charge in [-0.2, -0.15) is 0 Å². The summed E-state index contributed by atoms with van der Waals surface area (Å²) in [7, 11) is 0. The normalized spacial score (nSPS) is 15.2. The number of aromatic carboxylic acids is 1. The highest BCUT2D eigenvalue weighted by Gasteiger charge is 2.18. The van der Waals surface area contributed by atoms with Crippen LogP contribution in [0.15, 0.2) is 18.2 Å². The number of aryl methyl sites for hydroxylation is 2. The van der Waals surface area contributed by atoms with E-state index in [2.05, 4.69) is 16.0 Å². The number of benzene rings is 1. The summed E-state index contributed by atoms with van der Waals surface area (Å²) in [6.07, 6.45) is 7.74. The number of rotatable bonds is 5. The zero-order valence-corrected chi connectivity index (χ0v) is 16.2. The predicted molar refractivity (Wildman–Crippen MR) is 106 cm³/mol. The molecule has 1 fully saturated rings. The van der Waals surface area contributed by atoms with Gasteiger partial charge < -0.3 is 10.1 Å². The molecule has 136 valence electrons. The van der Waals surface area contributed by atoms with E-state index < -0.39 is 5.97 Å². The molecule has 1 aliphatic rings. The number of halogens is 1. The van der Waals surface area contributed by atoms with E-state index in [4.69, 9.17) is 11.6 Å². The van der Waals surface area contributed by atoms with Gasteiger partial charge in [0.25, 0.3) is 0 Å². The standard InChI is InChI=1S/C20H21ClN2O2S/c1-11-18(20(24)25)26-19(22-11)14-8-13-9-15(23-17(13)16(21)10-14)7-6-12-4-2-3-5-12/h8-10,12,23H,2-7H2,1H3,(H,24,25). The van der Waals surface area contributed by atoms with E-state index in [9.17, 15) is 9.90 Å². The summed E-state index contributed by atoms with van der Waals surface area (Å²) in [5.74, 6) is -0.0746. The first-order valence-corrected chi connectivity index (χ1v) is 10.2. The fourth-order valence-electron chi connectivity index (χ4n) is 3.89. The lowest BCUT2D eigenvalue weighted by molar-refractivity contribution is 0.0701. The van der Waals surface area contributed by atoms with Gasteiger partial charge in [-0.1, -0.05) is 37.3 Å².